The van der Waals surface area contributed by atoms with Crippen LogP contribution in [0.1, 0.15) is 10.4 Å². The minimum absolute atomic E-state index is 0.222. The molecule has 4 N–H and O–H groups in total. The monoisotopic (exact) mass is 170 g/mol. The number of halogens is 1. The van der Waals surface area contributed by atoms with E-state index in [2.05, 4.69) is 0 Å². The first-order valence-electron chi connectivity index (χ1n) is 2.95. The molecule has 0 radical (unpaired) electrons. The predicted molar refractivity (Wildman–Crippen MR) is 45.7 cm³/mol. The molecule has 58 valence electrons. The molecule has 0 aliphatic rings. The molecule has 0 amide bonds. The fourth-order valence-corrected chi connectivity index (χ4v) is 0.961. The lowest BCUT2D eigenvalue weighted by molar-refractivity contribution is 0.112. The lowest BCUT2D eigenvalue weighted by Crippen LogP contribution is -1.96. The summed E-state index contributed by atoms with van der Waals surface area (Å²) in [5, 5.41) is 0.222. The second-order valence-corrected chi connectivity index (χ2v) is 2.47. The average Bonchev–Trinajstić information content (AvgIpc) is 1.99. The summed E-state index contributed by atoms with van der Waals surface area (Å²) in [6.07, 6.45) is 0.591. The van der Waals surface area contributed by atoms with Crippen LogP contribution in [0.3, 0.4) is 0 Å². The number of aldehydes is 1. The fraction of sp³-hybridized carbons (Fsp3) is 0. The normalized spacial score (nSPS) is 9.55. The Morgan fingerprint density at radius 3 is 2.27 bits per heavy atom. The van der Waals surface area contributed by atoms with E-state index in [1.54, 1.807) is 12.1 Å². The number of benzene rings is 1. The van der Waals surface area contributed by atoms with Crippen molar-refractivity contribution in [3.05, 3.63) is 22.7 Å². The highest BCUT2D eigenvalue weighted by molar-refractivity contribution is 6.36. The zero-order chi connectivity index (χ0) is 8.43. The van der Waals surface area contributed by atoms with Gasteiger partial charge in [0.2, 0.25) is 0 Å². The third-order valence-corrected chi connectivity index (χ3v) is 1.78. The maximum Gasteiger partial charge on any atom is 0.153 e. The highest BCUT2D eigenvalue weighted by Gasteiger charge is 2.05. The summed E-state index contributed by atoms with van der Waals surface area (Å²) in [5.41, 5.74) is 11.8. The number of anilines is 2. The standard InChI is InChI=1S/C7H7ClN2O/c8-7-4(3-11)5(9)1-2-6(7)10/h1-3H,9-10H2. The number of hydrogen-bond donors (Lipinski definition) is 2. The van der Waals surface area contributed by atoms with E-state index in [1.165, 1.54) is 0 Å². The van der Waals surface area contributed by atoms with Gasteiger partial charge in [0.1, 0.15) is 0 Å². The molecular weight excluding hydrogens is 164 g/mol. The number of carbonyl (C=O) groups excluding carboxylic acids is 1. The van der Waals surface area contributed by atoms with Gasteiger partial charge in [0.25, 0.3) is 0 Å². The molecule has 0 aromatic heterocycles. The zero-order valence-corrected chi connectivity index (χ0v) is 6.43. The molecule has 0 spiro atoms. The molecule has 0 heterocycles. The summed E-state index contributed by atoms with van der Waals surface area (Å²) in [6, 6.07) is 3.11. The Bertz CT molecular complexity index is 299. The Hall–Kier alpha value is -1.22. The van der Waals surface area contributed by atoms with E-state index >= 15 is 0 Å². The molecule has 0 atom stereocenters. The number of rotatable bonds is 1. The van der Waals surface area contributed by atoms with Crippen molar-refractivity contribution >= 4 is 29.3 Å². The van der Waals surface area contributed by atoms with Crippen molar-refractivity contribution in [2.24, 2.45) is 0 Å². The van der Waals surface area contributed by atoms with E-state index in [4.69, 9.17) is 23.1 Å². The molecule has 1 aromatic carbocycles. The number of nitrogens with two attached hydrogens (primary N) is 2. The highest BCUT2D eigenvalue weighted by atomic mass is 35.5. The first-order chi connectivity index (χ1) is 5.16. The van der Waals surface area contributed by atoms with Crippen LogP contribution in [0.2, 0.25) is 5.02 Å². The van der Waals surface area contributed by atoms with Gasteiger partial charge < -0.3 is 11.5 Å². The van der Waals surface area contributed by atoms with Gasteiger partial charge >= 0.3 is 0 Å². The fourth-order valence-electron chi connectivity index (χ4n) is 0.745. The molecule has 4 heteroatoms. The minimum atomic E-state index is 0.222. The maximum atomic E-state index is 10.4. The van der Waals surface area contributed by atoms with Crippen molar-refractivity contribution in [1.29, 1.82) is 0 Å². The number of carbonyl (C=O) groups is 1. The van der Waals surface area contributed by atoms with E-state index in [0.717, 1.165) is 0 Å². The highest BCUT2D eigenvalue weighted by Crippen LogP contribution is 2.26. The van der Waals surface area contributed by atoms with Gasteiger partial charge in [-0.05, 0) is 12.1 Å². The van der Waals surface area contributed by atoms with Crippen molar-refractivity contribution in [3.8, 4) is 0 Å². The average molecular weight is 171 g/mol. The Morgan fingerprint density at radius 1 is 1.27 bits per heavy atom. The SMILES string of the molecule is Nc1ccc(N)c(C=O)c1Cl. The third-order valence-electron chi connectivity index (χ3n) is 1.36. The van der Waals surface area contributed by atoms with E-state index < -0.39 is 0 Å². The van der Waals surface area contributed by atoms with Gasteiger partial charge in [-0.15, -0.1) is 0 Å². The van der Waals surface area contributed by atoms with Crippen LogP contribution in [-0.2, 0) is 0 Å². The van der Waals surface area contributed by atoms with Crippen molar-refractivity contribution in [2.75, 3.05) is 11.5 Å². The Kier molecular flexibility index (Phi) is 2.01. The second kappa shape index (κ2) is 2.80. The van der Waals surface area contributed by atoms with Crippen LogP contribution in [0.5, 0.6) is 0 Å². The van der Waals surface area contributed by atoms with Crippen LogP contribution in [0.15, 0.2) is 12.1 Å². The van der Waals surface area contributed by atoms with Crippen LogP contribution >= 0.6 is 11.6 Å². The molecule has 0 bridgehead atoms. The first-order valence-corrected chi connectivity index (χ1v) is 3.33. The van der Waals surface area contributed by atoms with Gasteiger partial charge in [0.05, 0.1) is 16.3 Å². The minimum Gasteiger partial charge on any atom is -0.398 e. The van der Waals surface area contributed by atoms with Gasteiger partial charge in [0, 0.05) is 5.69 Å². The molecule has 0 aliphatic carbocycles. The van der Waals surface area contributed by atoms with Crippen LogP contribution in [0.25, 0.3) is 0 Å². The molecule has 3 nitrogen and oxygen atoms in total. The molecule has 0 saturated carbocycles. The lowest BCUT2D eigenvalue weighted by Gasteiger charge is -2.02. The Labute approximate surface area is 68.9 Å². The molecule has 0 unspecified atom stereocenters. The number of nitrogen functional groups attached to an aromatic ring is 2. The summed E-state index contributed by atoms with van der Waals surface area (Å²) < 4.78 is 0. The molecule has 0 saturated heterocycles. The van der Waals surface area contributed by atoms with Crippen molar-refractivity contribution in [1.82, 2.24) is 0 Å². The smallest absolute Gasteiger partial charge is 0.153 e. The summed E-state index contributed by atoms with van der Waals surface area (Å²) in [5.74, 6) is 0. The molecule has 11 heavy (non-hydrogen) atoms. The van der Waals surface area contributed by atoms with Gasteiger partial charge in [-0.2, -0.15) is 0 Å². The Balaban J connectivity index is 3.40. The quantitative estimate of drug-likeness (QED) is 0.493. The van der Waals surface area contributed by atoms with Gasteiger partial charge in [-0.25, -0.2) is 0 Å². The summed E-state index contributed by atoms with van der Waals surface area (Å²) >= 11 is 5.66. The van der Waals surface area contributed by atoms with E-state index in [0.29, 0.717) is 17.7 Å². The first kappa shape index (κ1) is 7.88. The molecule has 0 fully saturated rings. The zero-order valence-electron chi connectivity index (χ0n) is 5.67. The summed E-state index contributed by atoms with van der Waals surface area (Å²) in [7, 11) is 0. The largest absolute Gasteiger partial charge is 0.398 e. The molecule has 0 aliphatic heterocycles. The van der Waals surface area contributed by atoms with Gasteiger partial charge in [-0.3, -0.25) is 4.79 Å². The summed E-state index contributed by atoms with van der Waals surface area (Å²) in [6.45, 7) is 0. The van der Waals surface area contributed by atoms with E-state index in [1.807, 2.05) is 0 Å². The molecule has 1 rings (SSSR count). The molecular formula is C7H7ClN2O. The van der Waals surface area contributed by atoms with Gasteiger partial charge in [0.15, 0.2) is 6.29 Å². The maximum absolute atomic E-state index is 10.4. The van der Waals surface area contributed by atoms with Crippen molar-refractivity contribution in [2.45, 2.75) is 0 Å². The van der Waals surface area contributed by atoms with Crippen LogP contribution in [-0.4, -0.2) is 6.29 Å². The van der Waals surface area contributed by atoms with E-state index in [-0.39, 0.29) is 10.6 Å². The topological polar surface area (TPSA) is 69.1 Å². The summed E-state index contributed by atoms with van der Waals surface area (Å²) in [4.78, 5) is 10.4. The molecule has 1 aromatic rings. The van der Waals surface area contributed by atoms with Crippen molar-refractivity contribution in [3.63, 3.8) is 0 Å². The Morgan fingerprint density at radius 2 is 1.82 bits per heavy atom. The van der Waals surface area contributed by atoms with Crippen LogP contribution < -0.4 is 11.5 Å². The van der Waals surface area contributed by atoms with Crippen LogP contribution in [0.4, 0.5) is 11.4 Å². The van der Waals surface area contributed by atoms with Gasteiger partial charge in [-0.1, -0.05) is 11.6 Å². The van der Waals surface area contributed by atoms with Crippen molar-refractivity contribution < 1.29 is 4.79 Å². The third kappa shape index (κ3) is 1.28. The van der Waals surface area contributed by atoms with E-state index in [9.17, 15) is 4.79 Å². The predicted octanol–water partition coefficient (Wildman–Crippen LogP) is 1.32. The number of hydrogen-bond acceptors (Lipinski definition) is 3. The van der Waals surface area contributed by atoms with Crippen LogP contribution in [0, 0.1) is 0 Å². The second-order valence-electron chi connectivity index (χ2n) is 2.09. The lowest BCUT2D eigenvalue weighted by atomic mass is 10.2.